The first-order valence-corrected chi connectivity index (χ1v) is 7.84. The van der Waals surface area contributed by atoms with Crippen LogP contribution < -0.4 is 5.73 Å². The molecule has 0 bridgehead atoms. The molecule has 0 aromatic heterocycles. The van der Waals surface area contributed by atoms with Gasteiger partial charge < -0.3 is 10.6 Å². The molecule has 1 saturated heterocycles. The minimum Gasteiger partial charge on any atom is -0.342 e. The van der Waals surface area contributed by atoms with Gasteiger partial charge in [-0.15, -0.1) is 0 Å². The number of nitrogens with two attached hydrogens (primary N) is 1. The van der Waals surface area contributed by atoms with Crippen molar-refractivity contribution in [2.75, 3.05) is 19.6 Å². The molecular formula is C17H26N2O. The Balaban J connectivity index is 1.96. The molecule has 1 fully saturated rings. The standard InChI is InChI=1S/C17H26N2O/c18-14-16(13-15-9-5-4-6-10-15)17(20)19-11-7-2-1-3-8-12-19/h4-6,9-10,16H,1-3,7-8,11-14,18H2. The van der Waals surface area contributed by atoms with Crippen LogP contribution in [0.5, 0.6) is 0 Å². The topological polar surface area (TPSA) is 46.3 Å². The molecule has 0 aliphatic carbocycles. The number of rotatable bonds is 4. The third-order valence-corrected chi connectivity index (χ3v) is 4.13. The van der Waals surface area contributed by atoms with Gasteiger partial charge in [-0.25, -0.2) is 0 Å². The zero-order chi connectivity index (χ0) is 14.2. The summed E-state index contributed by atoms with van der Waals surface area (Å²) in [6.45, 7) is 2.25. The lowest BCUT2D eigenvalue weighted by Gasteiger charge is -2.28. The molecule has 110 valence electrons. The van der Waals surface area contributed by atoms with E-state index >= 15 is 0 Å². The van der Waals surface area contributed by atoms with Crippen molar-refractivity contribution in [1.29, 1.82) is 0 Å². The molecule has 0 spiro atoms. The highest BCUT2D eigenvalue weighted by Crippen LogP contribution is 2.15. The molecule has 1 atom stereocenters. The van der Waals surface area contributed by atoms with Crippen molar-refractivity contribution >= 4 is 5.91 Å². The Morgan fingerprint density at radius 3 is 2.25 bits per heavy atom. The fraction of sp³-hybridized carbons (Fsp3) is 0.588. The van der Waals surface area contributed by atoms with E-state index in [1.165, 1.54) is 24.8 Å². The van der Waals surface area contributed by atoms with Crippen LogP contribution in [-0.2, 0) is 11.2 Å². The van der Waals surface area contributed by atoms with E-state index in [1.807, 2.05) is 23.1 Å². The van der Waals surface area contributed by atoms with Gasteiger partial charge >= 0.3 is 0 Å². The number of benzene rings is 1. The molecule has 2 rings (SSSR count). The lowest BCUT2D eigenvalue weighted by molar-refractivity contribution is -0.135. The number of amides is 1. The van der Waals surface area contributed by atoms with Crippen molar-refractivity contribution in [1.82, 2.24) is 4.90 Å². The Morgan fingerprint density at radius 2 is 1.65 bits per heavy atom. The molecule has 3 heteroatoms. The Hall–Kier alpha value is -1.35. The van der Waals surface area contributed by atoms with Crippen LogP contribution in [0.1, 0.15) is 37.7 Å². The minimum absolute atomic E-state index is 0.0724. The van der Waals surface area contributed by atoms with Crippen molar-refractivity contribution in [3.05, 3.63) is 35.9 Å². The second-order valence-corrected chi connectivity index (χ2v) is 5.72. The molecule has 1 aromatic carbocycles. The first kappa shape index (κ1) is 15.0. The van der Waals surface area contributed by atoms with Gasteiger partial charge in [0, 0.05) is 19.6 Å². The van der Waals surface area contributed by atoms with Gasteiger partial charge in [0.2, 0.25) is 5.91 Å². The quantitative estimate of drug-likeness (QED) is 0.917. The van der Waals surface area contributed by atoms with Crippen LogP contribution in [-0.4, -0.2) is 30.4 Å². The predicted octanol–water partition coefficient (Wildman–Crippen LogP) is 2.60. The van der Waals surface area contributed by atoms with Gasteiger partial charge in [0.15, 0.2) is 0 Å². The first-order valence-electron chi connectivity index (χ1n) is 7.84. The maximum absolute atomic E-state index is 12.6. The van der Waals surface area contributed by atoms with E-state index in [-0.39, 0.29) is 11.8 Å². The summed E-state index contributed by atoms with van der Waals surface area (Å²) in [5.41, 5.74) is 7.05. The van der Waals surface area contributed by atoms with Crippen LogP contribution in [0.4, 0.5) is 0 Å². The number of carbonyl (C=O) groups excluding carboxylic acids is 1. The summed E-state index contributed by atoms with van der Waals surface area (Å²) >= 11 is 0. The van der Waals surface area contributed by atoms with Crippen molar-refractivity contribution in [3.63, 3.8) is 0 Å². The van der Waals surface area contributed by atoms with E-state index in [2.05, 4.69) is 12.1 Å². The number of nitrogens with zero attached hydrogens (tertiary/aromatic N) is 1. The van der Waals surface area contributed by atoms with E-state index in [0.29, 0.717) is 6.54 Å². The second kappa shape index (κ2) is 8.05. The molecule has 0 saturated carbocycles. The smallest absolute Gasteiger partial charge is 0.227 e. The highest BCUT2D eigenvalue weighted by molar-refractivity contribution is 5.79. The monoisotopic (exact) mass is 274 g/mol. The molecule has 1 aliphatic rings. The summed E-state index contributed by atoms with van der Waals surface area (Å²) in [7, 11) is 0. The molecule has 0 radical (unpaired) electrons. The Kier molecular flexibility index (Phi) is 6.06. The minimum atomic E-state index is -0.0724. The Labute approximate surface area is 122 Å². The molecule has 1 aromatic rings. The van der Waals surface area contributed by atoms with Crippen molar-refractivity contribution in [2.24, 2.45) is 11.7 Å². The third-order valence-electron chi connectivity index (χ3n) is 4.13. The zero-order valence-corrected chi connectivity index (χ0v) is 12.3. The molecule has 20 heavy (non-hydrogen) atoms. The number of hydrogen-bond donors (Lipinski definition) is 1. The SMILES string of the molecule is NCC(Cc1ccccc1)C(=O)N1CCCCCCC1. The van der Waals surface area contributed by atoms with E-state index in [9.17, 15) is 4.79 Å². The predicted molar refractivity (Wildman–Crippen MR) is 82.4 cm³/mol. The summed E-state index contributed by atoms with van der Waals surface area (Å²) in [4.78, 5) is 14.7. The van der Waals surface area contributed by atoms with Crippen LogP contribution >= 0.6 is 0 Å². The number of likely N-dealkylation sites (tertiary alicyclic amines) is 1. The van der Waals surface area contributed by atoms with Crippen LogP contribution in [0.25, 0.3) is 0 Å². The van der Waals surface area contributed by atoms with Crippen molar-refractivity contribution in [3.8, 4) is 0 Å². The number of hydrogen-bond acceptors (Lipinski definition) is 2. The fourth-order valence-corrected chi connectivity index (χ4v) is 2.90. The normalized spacial score (nSPS) is 18.1. The third kappa shape index (κ3) is 4.34. The summed E-state index contributed by atoms with van der Waals surface area (Å²) in [5, 5.41) is 0. The molecule has 1 aliphatic heterocycles. The second-order valence-electron chi connectivity index (χ2n) is 5.72. The molecule has 3 nitrogen and oxygen atoms in total. The van der Waals surface area contributed by atoms with E-state index < -0.39 is 0 Å². The molecule has 1 unspecified atom stereocenters. The van der Waals surface area contributed by atoms with Gasteiger partial charge in [0.1, 0.15) is 0 Å². The summed E-state index contributed by atoms with van der Waals surface area (Å²) < 4.78 is 0. The van der Waals surface area contributed by atoms with Crippen LogP contribution in [0.3, 0.4) is 0 Å². The van der Waals surface area contributed by atoms with Gasteiger partial charge in [-0.05, 0) is 24.8 Å². The van der Waals surface area contributed by atoms with Crippen LogP contribution in [0.2, 0.25) is 0 Å². The summed E-state index contributed by atoms with van der Waals surface area (Å²) in [6.07, 6.45) is 6.83. The highest BCUT2D eigenvalue weighted by atomic mass is 16.2. The fourth-order valence-electron chi connectivity index (χ4n) is 2.90. The summed E-state index contributed by atoms with van der Waals surface area (Å²) in [5.74, 6) is 0.176. The van der Waals surface area contributed by atoms with Gasteiger partial charge in [-0.1, -0.05) is 49.6 Å². The average molecular weight is 274 g/mol. The van der Waals surface area contributed by atoms with Gasteiger partial charge in [0.25, 0.3) is 0 Å². The zero-order valence-electron chi connectivity index (χ0n) is 12.3. The molecule has 1 amide bonds. The maximum Gasteiger partial charge on any atom is 0.227 e. The van der Waals surface area contributed by atoms with Crippen molar-refractivity contribution in [2.45, 2.75) is 38.5 Å². The highest BCUT2D eigenvalue weighted by Gasteiger charge is 2.23. The van der Waals surface area contributed by atoms with Crippen molar-refractivity contribution < 1.29 is 4.79 Å². The maximum atomic E-state index is 12.6. The number of carbonyl (C=O) groups is 1. The van der Waals surface area contributed by atoms with Crippen LogP contribution in [0.15, 0.2) is 30.3 Å². The van der Waals surface area contributed by atoms with Gasteiger partial charge in [0.05, 0.1) is 5.92 Å². The lowest BCUT2D eigenvalue weighted by Crippen LogP contribution is -2.41. The molecular weight excluding hydrogens is 248 g/mol. The van der Waals surface area contributed by atoms with E-state index in [1.54, 1.807) is 0 Å². The molecule has 2 N–H and O–H groups in total. The lowest BCUT2D eigenvalue weighted by atomic mass is 9.97. The first-order chi connectivity index (χ1) is 9.81. The Morgan fingerprint density at radius 1 is 1.05 bits per heavy atom. The van der Waals surface area contributed by atoms with Gasteiger partial charge in [-0.3, -0.25) is 4.79 Å². The Bertz CT molecular complexity index is 397. The average Bonchev–Trinajstić information content (AvgIpc) is 2.45. The summed E-state index contributed by atoms with van der Waals surface area (Å²) in [6, 6.07) is 10.2. The van der Waals surface area contributed by atoms with Crippen LogP contribution in [0, 0.1) is 5.92 Å². The van der Waals surface area contributed by atoms with Gasteiger partial charge in [-0.2, -0.15) is 0 Å². The largest absolute Gasteiger partial charge is 0.342 e. The van der Waals surface area contributed by atoms with E-state index in [0.717, 1.165) is 32.4 Å². The molecule has 1 heterocycles. The van der Waals surface area contributed by atoms with E-state index in [4.69, 9.17) is 5.73 Å².